The molecule has 0 spiro atoms. The Morgan fingerprint density at radius 3 is 3.00 bits per heavy atom. The third-order valence-corrected chi connectivity index (χ3v) is 5.29. The minimum absolute atomic E-state index is 0.117. The second kappa shape index (κ2) is 6.82. The molecule has 132 valence electrons. The van der Waals surface area contributed by atoms with Crippen LogP contribution >= 0.6 is 0 Å². The fourth-order valence-electron chi connectivity index (χ4n) is 3.95. The first-order valence-electron chi connectivity index (χ1n) is 8.93. The van der Waals surface area contributed by atoms with Gasteiger partial charge in [0.05, 0.1) is 7.11 Å². The van der Waals surface area contributed by atoms with E-state index < -0.39 is 0 Å². The smallest absolute Gasteiger partial charge is 0.231 e. The number of amides is 1. The number of hydrogen-bond acceptors (Lipinski definition) is 5. The van der Waals surface area contributed by atoms with Gasteiger partial charge < -0.3 is 10.1 Å². The zero-order valence-electron chi connectivity index (χ0n) is 14.4. The number of ether oxygens (including phenoxy) is 1. The quantitative estimate of drug-likeness (QED) is 0.777. The van der Waals surface area contributed by atoms with Crippen molar-refractivity contribution < 1.29 is 9.53 Å². The van der Waals surface area contributed by atoms with E-state index in [1.807, 2.05) is 6.07 Å². The number of hydrogen-bond donors (Lipinski definition) is 1. The summed E-state index contributed by atoms with van der Waals surface area (Å²) >= 11 is 0. The topological polar surface area (TPSA) is 81.4 Å². The molecule has 2 aliphatic rings. The van der Waals surface area contributed by atoms with Crippen molar-refractivity contribution in [3.05, 3.63) is 30.1 Å². The second-order valence-electron chi connectivity index (χ2n) is 6.96. The molecule has 4 rings (SSSR count). The monoisotopic (exact) mass is 341 g/mol. The lowest BCUT2D eigenvalue weighted by Crippen LogP contribution is -2.30. The highest BCUT2D eigenvalue weighted by atomic mass is 16.5. The normalized spacial score (nSPS) is 24.1. The third kappa shape index (κ3) is 3.36. The largest absolute Gasteiger partial charge is 0.480 e. The molecule has 2 aromatic heterocycles. The molecule has 0 aromatic carbocycles. The highest BCUT2D eigenvalue weighted by Gasteiger charge is 2.35. The van der Waals surface area contributed by atoms with Crippen molar-refractivity contribution in [2.45, 2.75) is 32.1 Å². The second-order valence-corrected chi connectivity index (χ2v) is 6.96. The van der Waals surface area contributed by atoms with Crippen LogP contribution in [-0.2, 0) is 11.2 Å². The van der Waals surface area contributed by atoms with Crippen LogP contribution in [0.15, 0.2) is 24.3 Å². The summed E-state index contributed by atoms with van der Waals surface area (Å²) < 4.78 is 6.81. The molecule has 0 saturated heterocycles. The summed E-state index contributed by atoms with van der Waals surface area (Å²) in [5.41, 5.74) is 0.685. The molecule has 0 radical (unpaired) electrons. The Balaban J connectivity index is 1.25. The van der Waals surface area contributed by atoms with Crippen LogP contribution in [0, 0.1) is 17.8 Å². The number of allylic oxidation sites excluding steroid dienone is 2. The van der Waals surface area contributed by atoms with E-state index in [0.717, 1.165) is 24.7 Å². The lowest BCUT2D eigenvalue weighted by Gasteiger charge is -2.18. The molecule has 1 fully saturated rings. The van der Waals surface area contributed by atoms with Gasteiger partial charge >= 0.3 is 0 Å². The predicted octanol–water partition coefficient (Wildman–Crippen LogP) is 1.78. The van der Waals surface area contributed by atoms with Gasteiger partial charge in [-0.3, -0.25) is 4.79 Å². The summed E-state index contributed by atoms with van der Waals surface area (Å²) in [5.74, 6) is 3.43. The van der Waals surface area contributed by atoms with E-state index in [1.165, 1.54) is 12.8 Å². The van der Waals surface area contributed by atoms with Crippen LogP contribution in [0.4, 0.5) is 0 Å². The first kappa shape index (κ1) is 16.1. The van der Waals surface area contributed by atoms with Gasteiger partial charge in [0.15, 0.2) is 11.5 Å². The summed E-state index contributed by atoms with van der Waals surface area (Å²) in [6.45, 7) is 0.803. The van der Waals surface area contributed by atoms with Crippen molar-refractivity contribution in [1.29, 1.82) is 0 Å². The van der Waals surface area contributed by atoms with Gasteiger partial charge in [-0.05, 0) is 43.1 Å². The van der Waals surface area contributed by atoms with E-state index >= 15 is 0 Å². The van der Waals surface area contributed by atoms with Gasteiger partial charge in [-0.25, -0.2) is 0 Å². The van der Waals surface area contributed by atoms with Gasteiger partial charge in [0, 0.05) is 25.5 Å². The minimum atomic E-state index is 0.117. The summed E-state index contributed by atoms with van der Waals surface area (Å²) in [6.07, 6.45) is 9.03. The van der Waals surface area contributed by atoms with E-state index in [-0.39, 0.29) is 5.91 Å². The van der Waals surface area contributed by atoms with Crippen LogP contribution in [0.1, 0.15) is 31.5 Å². The highest BCUT2D eigenvalue weighted by molar-refractivity contribution is 5.75. The van der Waals surface area contributed by atoms with Gasteiger partial charge in [0.2, 0.25) is 11.8 Å². The molecule has 7 heteroatoms. The van der Waals surface area contributed by atoms with Crippen LogP contribution in [0.5, 0.6) is 5.88 Å². The van der Waals surface area contributed by atoms with Crippen molar-refractivity contribution in [3.8, 4) is 5.88 Å². The molecule has 3 atom stereocenters. The van der Waals surface area contributed by atoms with Crippen LogP contribution < -0.4 is 10.1 Å². The molecular formula is C18H23N5O2. The summed E-state index contributed by atoms with van der Waals surface area (Å²) in [5, 5.41) is 15.7. The minimum Gasteiger partial charge on any atom is -0.480 e. The molecule has 1 N–H and O–H groups in total. The van der Waals surface area contributed by atoms with E-state index in [2.05, 4.69) is 32.8 Å². The zero-order valence-corrected chi connectivity index (χ0v) is 14.4. The van der Waals surface area contributed by atoms with E-state index in [0.29, 0.717) is 36.2 Å². The fraction of sp³-hybridized carbons (Fsp3) is 0.556. The van der Waals surface area contributed by atoms with Crippen molar-refractivity contribution >= 4 is 11.6 Å². The first-order valence-corrected chi connectivity index (χ1v) is 8.93. The van der Waals surface area contributed by atoms with Gasteiger partial charge in [-0.2, -0.15) is 4.52 Å². The van der Waals surface area contributed by atoms with Crippen molar-refractivity contribution in [2.24, 2.45) is 17.8 Å². The average Bonchev–Trinajstić information content (AvgIpc) is 3.35. The van der Waals surface area contributed by atoms with Crippen molar-refractivity contribution in [2.75, 3.05) is 13.7 Å². The summed E-state index contributed by atoms with van der Waals surface area (Å²) in [7, 11) is 1.58. The number of nitrogens with one attached hydrogen (secondary N) is 1. The number of aromatic nitrogens is 4. The third-order valence-electron chi connectivity index (χ3n) is 5.29. The standard InChI is InChI=1S/C18H23N5O2/c1-25-18-8-7-16-21-20-15(23(16)22-18)3-2-4-17(24)19-11-14-10-12-5-6-13(14)9-12/h5-8,12-14H,2-4,9-11H2,1H3,(H,19,24)/t12-,13+,14-/m1/s1. The van der Waals surface area contributed by atoms with E-state index in [9.17, 15) is 4.79 Å². The van der Waals surface area contributed by atoms with Gasteiger partial charge in [0.1, 0.15) is 0 Å². The molecule has 2 heterocycles. The number of nitrogens with zero attached hydrogens (tertiary/aromatic N) is 4. The fourth-order valence-corrected chi connectivity index (χ4v) is 3.95. The Hall–Kier alpha value is -2.44. The maximum Gasteiger partial charge on any atom is 0.231 e. The molecule has 1 saturated carbocycles. The lowest BCUT2D eigenvalue weighted by molar-refractivity contribution is -0.121. The van der Waals surface area contributed by atoms with E-state index in [4.69, 9.17) is 4.74 Å². The van der Waals surface area contributed by atoms with Gasteiger partial charge in [0.25, 0.3) is 0 Å². The number of carbonyl (C=O) groups excluding carboxylic acids is 1. The zero-order chi connectivity index (χ0) is 17.2. The first-order chi connectivity index (χ1) is 12.2. The lowest BCUT2D eigenvalue weighted by atomic mass is 9.93. The van der Waals surface area contributed by atoms with Gasteiger partial charge in [-0.1, -0.05) is 12.2 Å². The molecule has 1 amide bonds. The summed E-state index contributed by atoms with van der Waals surface area (Å²) in [6, 6.07) is 3.57. The Morgan fingerprint density at radius 2 is 2.24 bits per heavy atom. The van der Waals surface area contributed by atoms with Crippen LogP contribution in [0.2, 0.25) is 0 Å². The molecule has 7 nitrogen and oxygen atoms in total. The molecule has 0 aliphatic heterocycles. The Labute approximate surface area is 146 Å². The van der Waals surface area contributed by atoms with Crippen LogP contribution in [0.25, 0.3) is 5.65 Å². The molecule has 0 unspecified atom stereocenters. The predicted molar refractivity (Wildman–Crippen MR) is 92.1 cm³/mol. The van der Waals surface area contributed by atoms with Crippen LogP contribution in [-0.4, -0.2) is 39.4 Å². The number of aryl methyl sites for hydroxylation is 1. The van der Waals surface area contributed by atoms with E-state index in [1.54, 1.807) is 17.7 Å². The maximum absolute atomic E-state index is 12.1. The molecule has 2 aliphatic carbocycles. The maximum atomic E-state index is 12.1. The number of methoxy groups -OCH3 is 1. The average molecular weight is 341 g/mol. The SMILES string of the molecule is COc1ccc2nnc(CCCC(=O)NC[C@H]3C[C@@H]4C=C[C@H]3C4)n2n1. The van der Waals surface area contributed by atoms with Gasteiger partial charge in [-0.15, -0.1) is 15.3 Å². The molecule has 25 heavy (non-hydrogen) atoms. The van der Waals surface area contributed by atoms with Crippen molar-refractivity contribution in [1.82, 2.24) is 25.1 Å². The summed E-state index contributed by atoms with van der Waals surface area (Å²) in [4.78, 5) is 12.1. The highest BCUT2D eigenvalue weighted by Crippen LogP contribution is 2.42. The number of rotatable bonds is 7. The molecular weight excluding hydrogens is 318 g/mol. The van der Waals surface area contributed by atoms with Crippen molar-refractivity contribution in [3.63, 3.8) is 0 Å². The molecule has 2 aromatic rings. The number of fused-ring (bicyclic) bond motifs is 3. The Kier molecular flexibility index (Phi) is 4.38. The Morgan fingerprint density at radius 1 is 1.32 bits per heavy atom. The number of carbonyl (C=O) groups is 1. The Bertz CT molecular complexity index is 800. The molecule has 2 bridgehead atoms. The van der Waals surface area contributed by atoms with Crippen LogP contribution in [0.3, 0.4) is 0 Å².